The van der Waals surface area contributed by atoms with Crippen molar-refractivity contribution in [3.8, 4) is 0 Å². The van der Waals surface area contributed by atoms with Gasteiger partial charge in [0.15, 0.2) is 6.29 Å². The van der Waals surface area contributed by atoms with Gasteiger partial charge in [-0.1, -0.05) is 12.1 Å². The van der Waals surface area contributed by atoms with Crippen LogP contribution >= 0.6 is 0 Å². The Kier molecular flexibility index (Phi) is 2.05. The van der Waals surface area contributed by atoms with Crippen molar-refractivity contribution < 1.29 is 4.79 Å². The molecule has 0 bridgehead atoms. The molecule has 1 aromatic carbocycles. The van der Waals surface area contributed by atoms with E-state index >= 15 is 0 Å². The Hall–Kier alpha value is -1.31. The highest BCUT2D eigenvalue weighted by Gasteiger charge is 1.94. The number of carbonyl (C=O) groups is 1. The molecule has 0 spiro atoms. The fourth-order valence-electron chi connectivity index (χ4n) is 0.827. The maximum Gasteiger partial charge on any atom is 0.152 e. The predicted octanol–water partition coefficient (Wildman–Crippen LogP) is 1.54. The Morgan fingerprint density at radius 2 is 2.10 bits per heavy atom. The van der Waals surface area contributed by atoms with Gasteiger partial charge in [0.25, 0.3) is 0 Å². The molecule has 1 aromatic rings. The minimum Gasteiger partial charge on any atom is -0.388 e. The first-order chi connectivity index (χ1) is 4.88. The van der Waals surface area contributed by atoms with Gasteiger partial charge in [0.05, 0.1) is 0 Å². The molecule has 0 radical (unpaired) electrons. The average molecular weight is 135 g/mol. The molecule has 10 heavy (non-hydrogen) atoms. The van der Waals surface area contributed by atoms with E-state index < -0.39 is 0 Å². The van der Waals surface area contributed by atoms with E-state index in [2.05, 4.69) is 5.32 Å². The van der Waals surface area contributed by atoms with Crippen molar-refractivity contribution in [1.29, 1.82) is 0 Å². The van der Waals surface area contributed by atoms with Gasteiger partial charge in [-0.15, -0.1) is 0 Å². The van der Waals surface area contributed by atoms with Gasteiger partial charge in [0.1, 0.15) is 0 Å². The fraction of sp³-hybridized carbons (Fsp3) is 0.125. The lowest BCUT2D eigenvalue weighted by Gasteiger charge is -2.00. The van der Waals surface area contributed by atoms with Crippen LogP contribution in [-0.4, -0.2) is 13.3 Å². The van der Waals surface area contributed by atoms with Crippen LogP contribution in [0.4, 0.5) is 5.69 Å². The van der Waals surface area contributed by atoms with E-state index in [0.717, 1.165) is 12.0 Å². The fourth-order valence-corrected chi connectivity index (χ4v) is 0.827. The number of nitrogens with one attached hydrogen (secondary N) is 1. The van der Waals surface area contributed by atoms with Crippen LogP contribution in [0, 0.1) is 0 Å². The topological polar surface area (TPSA) is 29.1 Å². The molecule has 0 unspecified atom stereocenters. The van der Waals surface area contributed by atoms with Crippen molar-refractivity contribution in [3.63, 3.8) is 0 Å². The molecule has 2 heteroatoms. The largest absolute Gasteiger partial charge is 0.388 e. The SMILES string of the molecule is CNc1ccccc1C=O. The van der Waals surface area contributed by atoms with Gasteiger partial charge in [-0.25, -0.2) is 0 Å². The minimum atomic E-state index is 0.699. The third kappa shape index (κ3) is 1.16. The normalized spacial score (nSPS) is 8.90. The van der Waals surface area contributed by atoms with Gasteiger partial charge in [-0.3, -0.25) is 4.79 Å². The second-order valence-corrected chi connectivity index (χ2v) is 1.96. The summed E-state index contributed by atoms with van der Waals surface area (Å²) in [6, 6.07) is 7.37. The van der Waals surface area contributed by atoms with Crippen LogP contribution in [0.25, 0.3) is 0 Å². The Balaban J connectivity index is 3.08. The van der Waals surface area contributed by atoms with Gasteiger partial charge in [-0.2, -0.15) is 0 Å². The van der Waals surface area contributed by atoms with E-state index in [-0.39, 0.29) is 0 Å². The quantitative estimate of drug-likeness (QED) is 0.623. The predicted molar refractivity (Wildman–Crippen MR) is 41.4 cm³/mol. The zero-order chi connectivity index (χ0) is 7.40. The average Bonchev–Trinajstić information content (AvgIpc) is 2.04. The first kappa shape index (κ1) is 6.81. The molecule has 0 saturated carbocycles. The molecule has 0 aliphatic carbocycles. The van der Waals surface area contributed by atoms with Crippen LogP contribution in [0.1, 0.15) is 10.4 Å². The first-order valence-electron chi connectivity index (χ1n) is 3.10. The van der Waals surface area contributed by atoms with Gasteiger partial charge >= 0.3 is 0 Å². The number of hydrogen-bond acceptors (Lipinski definition) is 2. The molecule has 1 N–H and O–H groups in total. The maximum atomic E-state index is 10.3. The van der Waals surface area contributed by atoms with E-state index in [0.29, 0.717) is 5.56 Å². The summed E-state index contributed by atoms with van der Waals surface area (Å²) in [7, 11) is 1.79. The lowest BCUT2D eigenvalue weighted by Crippen LogP contribution is -1.92. The maximum absolute atomic E-state index is 10.3. The summed E-state index contributed by atoms with van der Waals surface area (Å²) in [4.78, 5) is 10.3. The lowest BCUT2D eigenvalue weighted by atomic mass is 10.2. The number of para-hydroxylation sites is 1. The molecule has 0 saturated heterocycles. The monoisotopic (exact) mass is 135 g/mol. The van der Waals surface area contributed by atoms with E-state index in [1.165, 1.54) is 0 Å². The van der Waals surface area contributed by atoms with E-state index in [4.69, 9.17) is 0 Å². The third-order valence-electron chi connectivity index (χ3n) is 1.36. The van der Waals surface area contributed by atoms with Crippen molar-refractivity contribution >= 4 is 12.0 Å². The molecule has 0 aliphatic heterocycles. The summed E-state index contributed by atoms with van der Waals surface area (Å²) in [5.74, 6) is 0. The highest BCUT2D eigenvalue weighted by atomic mass is 16.1. The summed E-state index contributed by atoms with van der Waals surface area (Å²) < 4.78 is 0. The van der Waals surface area contributed by atoms with Gasteiger partial charge in [0, 0.05) is 18.3 Å². The van der Waals surface area contributed by atoms with Crippen molar-refractivity contribution in [1.82, 2.24) is 0 Å². The summed E-state index contributed by atoms with van der Waals surface area (Å²) in [5, 5.41) is 2.92. The molecule has 0 heterocycles. The molecule has 0 aliphatic rings. The molecule has 0 atom stereocenters. The van der Waals surface area contributed by atoms with Crippen molar-refractivity contribution in [2.24, 2.45) is 0 Å². The zero-order valence-corrected chi connectivity index (χ0v) is 5.79. The number of hydrogen-bond donors (Lipinski definition) is 1. The first-order valence-corrected chi connectivity index (χ1v) is 3.10. The number of aldehydes is 1. The van der Waals surface area contributed by atoms with Crippen LogP contribution in [0.5, 0.6) is 0 Å². The molecular weight excluding hydrogens is 126 g/mol. The number of rotatable bonds is 2. The van der Waals surface area contributed by atoms with Crippen LogP contribution < -0.4 is 5.32 Å². The highest BCUT2D eigenvalue weighted by Crippen LogP contribution is 2.10. The summed E-state index contributed by atoms with van der Waals surface area (Å²) in [5.41, 5.74) is 1.57. The standard InChI is InChI=1S/C8H9NO/c1-9-8-5-3-2-4-7(8)6-10/h2-6,9H,1H3. The summed E-state index contributed by atoms with van der Waals surface area (Å²) in [6.07, 6.45) is 0.839. The van der Waals surface area contributed by atoms with Gasteiger partial charge in [-0.05, 0) is 12.1 Å². The highest BCUT2D eigenvalue weighted by molar-refractivity contribution is 5.83. The molecule has 52 valence electrons. The lowest BCUT2D eigenvalue weighted by molar-refractivity contribution is 0.112. The Morgan fingerprint density at radius 3 is 2.60 bits per heavy atom. The second kappa shape index (κ2) is 3.01. The molecule has 2 nitrogen and oxygen atoms in total. The number of benzene rings is 1. The summed E-state index contributed by atoms with van der Waals surface area (Å²) in [6.45, 7) is 0. The van der Waals surface area contributed by atoms with E-state index in [9.17, 15) is 4.79 Å². The Bertz CT molecular complexity index is 232. The van der Waals surface area contributed by atoms with Crippen molar-refractivity contribution in [2.75, 3.05) is 12.4 Å². The van der Waals surface area contributed by atoms with Crippen LogP contribution in [0.2, 0.25) is 0 Å². The van der Waals surface area contributed by atoms with Crippen LogP contribution in [0.3, 0.4) is 0 Å². The molecule has 1 rings (SSSR count). The number of carbonyl (C=O) groups excluding carboxylic acids is 1. The molecule has 0 aromatic heterocycles. The van der Waals surface area contributed by atoms with Gasteiger partial charge in [0.2, 0.25) is 0 Å². The van der Waals surface area contributed by atoms with Crippen LogP contribution in [0.15, 0.2) is 24.3 Å². The van der Waals surface area contributed by atoms with Gasteiger partial charge < -0.3 is 5.32 Å². The smallest absolute Gasteiger partial charge is 0.152 e. The Morgan fingerprint density at radius 1 is 1.40 bits per heavy atom. The van der Waals surface area contributed by atoms with Crippen LogP contribution in [-0.2, 0) is 0 Å². The summed E-state index contributed by atoms with van der Waals surface area (Å²) >= 11 is 0. The molecule has 0 fully saturated rings. The Labute approximate surface area is 59.9 Å². The zero-order valence-electron chi connectivity index (χ0n) is 5.79. The minimum absolute atomic E-state index is 0.699. The van der Waals surface area contributed by atoms with Crippen molar-refractivity contribution in [2.45, 2.75) is 0 Å². The molecular formula is C8H9NO. The van der Waals surface area contributed by atoms with Crippen molar-refractivity contribution in [3.05, 3.63) is 29.8 Å². The third-order valence-corrected chi connectivity index (χ3v) is 1.36. The second-order valence-electron chi connectivity index (χ2n) is 1.96. The van der Waals surface area contributed by atoms with E-state index in [1.807, 2.05) is 18.2 Å². The molecule has 0 amide bonds. The van der Waals surface area contributed by atoms with E-state index in [1.54, 1.807) is 13.1 Å². The number of anilines is 1.